The molecule has 2 amide bonds. The molecule has 0 spiro atoms. The second-order valence-electron chi connectivity index (χ2n) is 8.89. The zero-order chi connectivity index (χ0) is 27.5. The molecular weight excluding hydrogens is 503 g/mol. The summed E-state index contributed by atoms with van der Waals surface area (Å²) in [6.45, 7) is -0.525. The van der Waals surface area contributed by atoms with Crippen molar-refractivity contribution in [3.8, 4) is 11.3 Å². The Morgan fingerprint density at radius 2 is 1.85 bits per heavy atom. The van der Waals surface area contributed by atoms with E-state index in [-0.39, 0.29) is 16.9 Å². The molecule has 0 radical (unpaired) electrons. The van der Waals surface area contributed by atoms with E-state index in [0.29, 0.717) is 11.2 Å². The van der Waals surface area contributed by atoms with Crippen LogP contribution >= 0.6 is 0 Å². The van der Waals surface area contributed by atoms with Crippen molar-refractivity contribution < 1.29 is 24.2 Å². The molecule has 5 rings (SSSR count). The monoisotopic (exact) mass is 528 g/mol. The molecule has 0 saturated carbocycles. The molecule has 2 atom stereocenters. The van der Waals surface area contributed by atoms with Crippen molar-refractivity contribution in [3.63, 3.8) is 0 Å². The van der Waals surface area contributed by atoms with Crippen LogP contribution in [0.2, 0.25) is 0 Å². The van der Waals surface area contributed by atoms with Gasteiger partial charge < -0.3 is 20.8 Å². The minimum absolute atomic E-state index is 0.0318. The summed E-state index contributed by atoms with van der Waals surface area (Å²) in [5.41, 5.74) is 2.76. The van der Waals surface area contributed by atoms with Gasteiger partial charge in [0, 0.05) is 30.6 Å². The van der Waals surface area contributed by atoms with E-state index in [9.17, 15) is 24.2 Å². The Kier molecular flexibility index (Phi) is 7.17. The molecule has 0 bridgehead atoms. The maximum Gasteiger partial charge on any atom is 0.274 e. The molecule has 4 N–H and O–H groups in total. The maximum atomic E-state index is 14.6. The molecule has 3 aromatic heterocycles. The number of aliphatic hydroxyl groups excluding tert-OH is 2. The van der Waals surface area contributed by atoms with Crippen molar-refractivity contribution in [1.82, 2.24) is 24.5 Å². The molecule has 39 heavy (non-hydrogen) atoms. The highest BCUT2D eigenvalue weighted by molar-refractivity contribution is 6.04. The smallest absolute Gasteiger partial charge is 0.274 e. The Morgan fingerprint density at radius 1 is 1.05 bits per heavy atom. The average Bonchev–Trinajstić information content (AvgIpc) is 3.58. The quantitative estimate of drug-likeness (QED) is 0.245. The Balaban J connectivity index is 1.33. The summed E-state index contributed by atoms with van der Waals surface area (Å²) in [7, 11) is 1.82. The van der Waals surface area contributed by atoms with Crippen LogP contribution in [-0.4, -0.2) is 53.8 Å². The number of rotatable bonds is 8. The summed E-state index contributed by atoms with van der Waals surface area (Å²) < 4.78 is 17.9. The van der Waals surface area contributed by atoms with Gasteiger partial charge in [0.25, 0.3) is 11.8 Å². The molecule has 3 heterocycles. The molecule has 198 valence electrons. The zero-order valence-corrected chi connectivity index (χ0v) is 20.8. The molecule has 0 aliphatic rings. The molecule has 11 heteroatoms. The van der Waals surface area contributed by atoms with E-state index >= 15 is 0 Å². The SMILES string of the molecule is Cn1nccc1-c1ccn2c(C(=O)Nc3cc(C(=O)N[C@H](CO)[C@@H](O)c4ccccc4)ccc3F)cnc2c1. The number of aliphatic hydroxyl groups is 2. The fourth-order valence-electron chi connectivity index (χ4n) is 4.27. The number of hydrogen-bond donors (Lipinski definition) is 4. The highest BCUT2D eigenvalue weighted by Crippen LogP contribution is 2.22. The molecule has 0 fully saturated rings. The number of carbonyl (C=O) groups excluding carboxylic acids is 2. The third-order valence-electron chi connectivity index (χ3n) is 6.37. The standard InChI is InChI=1S/C28H25FN6O4/c1-34-23(9-11-31-34)18-10-12-35-24(15-30-25(35)14-18)28(39)32-21-13-19(7-8-20(21)29)27(38)33-22(16-36)26(37)17-5-3-2-4-6-17/h2-15,22,26,36-37H,16H2,1H3,(H,32,39)(H,33,38)/t22-,26+/m1/s1. The average molecular weight is 529 g/mol. The lowest BCUT2D eigenvalue weighted by atomic mass is 10.0. The molecule has 0 saturated heterocycles. The van der Waals surface area contributed by atoms with Crippen molar-refractivity contribution in [1.29, 1.82) is 0 Å². The largest absolute Gasteiger partial charge is 0.394 e. The molecule has 0 aliphatic carbocycles. The number of imidazole rings is 1. The van der Waals surface area contributed by atoms with E-state index in [4.69, 9.17) is 0 Å². The van der Waals surface area contributed by atoms with E-state index in [1.54, 1.807) is 57.9 Å². The number of halogens is 1. The van der Waals surface area contributed by atoms with Gasteiger partial charge >= 0.3 is 0 Å². The first-order valence-corrected chi connectivity index (χ1v) is 12.1. The third kappa shape index (κ3) is 5.26. The van der Waals surface area contributed by atoms with Gasteiger partial charge in [-0.3, -0.25) is 18.7 Å². The summed E-state index contributed by atoms with van der Waals surface area (Å²) in [6, 6.07) is 16.6. The van der Waals surface area contributed by atoms with Gasteiger partial charge in [0.2, 0.25) is 0 Å². The van der Waals surface area contributed by atoms with Crippen LogP contribution in [0.4, 0.5) is 10.1 Å². The Morgan fingerprint density at radius 3 is 2.56 bits per heavy atom. The van der Waals surface area contributed by atoms with Crippen LogP contribution in [0.3, 0.4) is 0 Å². The van der Waals surface area contributed by atoms with Gasteiger partial charge in [-0.1, -0.05) is 30.3 Å². The van der Waals surface area contributed by atoms with E-state index in [0.717, 1.165) is 17.3 Å². The van der Waals surface area contributed by atoms with Crippen LogP contribution in [0.1, 0.15) is 32.5 Å². The molecule has 0 aliphatic heterocycles. The number of hydrogen-bond acceptors (Lipinski definition) is 6. The molecule has 2 aromatic carbocycles. The van der Waals surface area contributed by atoms with Crippen molar-refractivity contribution >= 4 is 23.1 Å². The third-order valence-corrected chi connectivity index (χ3v) is 6.37. The highest BCUT2D eigenvalue weighted by Gasteiger charge is 2.23. The minimum atomic E-state index is -1.16. The number of pyridine rings is 1. The van der Waals surface area contributed by atoms with Crippen LogP contribution in [-0.2, 0) is 7.05 Å². The second-order valence-corrected chi connectivity index (χ2v) is 8.89. The minimum Gasteiger partial charge on any atom is -0.394 e. The van der Waals surface area contributed by atoms with Gasteiger partial charge in [0.15, 0.2) is 0 Å². The van der Waals surface area contributed by atoms with Crippen LogP contribution in [0.5, 0.6) is 0 Å². The number of aromatic nitrogens is 4. The number of nitrogens with zero attached hydrogens (tertiary/aromatic N) is 4. The number of aryl methyl sites for hydroxylation is 1. The number of amides is 2. The number of anilines is 1. The van der Waals surface area contributed by atoms with E-state index in [1.807, 2.05) is 19.2 Å². The summed E-state index contributed by atoms with van der Waals surface area (Å²) in [6.07, 6.45) is 3.59. The predicted molar refractivity (Wildman–Crippen MR) is 141 cm³/mol. The normalized spacial score (nSPS) is 12.7. The number of benzene rings is 2. The first-order valence-electron chi connectivity index (χ1n) is 12.1. The maximum absolute atomic E-state index is 14.6. The van der Waals surface area contributed by atoms with Gasteiger partial charge in [-0.15, -0.1) is 0 Å². The van der Waals surface area contributed by atoms with Crippen LogP contribution in [0.15, 0.2) is 85.3 Å². The van der Waals surface area contributed by atoms with Crippen LogP contribution in [0, 0.1) is 5.82 Å². The predicted octanol–water partition coefficient (Wildman–Crippen LogP) is 2.95. The van der Waals surface area contributed by atoms with E-state index < -0.39 is 36.4 Å². The van der Waals surface area contributed by atoms with Gasteiger partial charge in [-0.05, 0) is 42.0 Å². The van der Waals surface area contributed by atoms with Crippen molar-refractivity contribution in [2.45, 2.75) is 12.1 Å². The highest BCUT2D eigenvalue weighted by atomic mass is 19.1. The van der Waals surface area contributed by atoms with E-state index in [1.165, 1.54) is 18.3 Å². The molecule has 10 nitrogen and oxygen atoms in total. The molecular formula is C28H25FN6O4. The Labute approximate surface area is 222 Å². The van der Waals surface area contributed by atoms with Crippen LogP contribution in [0.25, 0.3) is 16.9 Å². The van der Waals surface area contributed by atoms with Gasteiger partial charge in [0.1, 0.15) is 23.3 Å². The fourth-order valence-corrected chi connectivity index (χ4v) is 4.27. The van der Waals surface area contributed by atoms with E-state index in [2.05, 4.69) is 20.7 Å². The van der Waals surface area contributed by atoms with Gasteiger partial charge in [0.05, 0.1) is 30.2 Å². The number of carbonyl (C=O) groups is 2. The molecule has 5 aromatic rings. The topological polar surface area (TPSA) is 134 Å². The number of nitrogens with one attached hydrogen (secondary N) is 2. The van der Waals surface area contributed by atoms with Crippen molar-refractivity contribution in [3.05, 3.63) is 108 Å². The summed E-state index contributed by atoms with van der Waals surface area (Å²) in [4.78, 5) is 30.2. The molecule has 0 unspecified atom stereocenters. The first-order chi connectivity index (χ1) is 18.9. The Hall–Kier alpha value is -4.87. The van der Waals surface area contributed by atoms with Gasteiger partial charge in [-0.2, -0.15) is 5.10 Å². The first kappa shape index (κ1) is 25.8. The van der Waals surface area contributed by atoms with Crippen molar-refractivity contribution in [2.75, 3.05) is 11.9 Å². The lowest BCUT2D eigenvalue weighted by Crippen LogP contribution is -2.42. The number of fused-ring (bicyclic) bond motifs is 1. The summed E-state index contributed by atoms with van der Waals surface area (Å²) in [5, 5.41) is 29.5. The van der Waals surface area contributed by atoms with Gasteiger partial charge in [-0.25, -0.2) is 9.37 Å². The van der Waals surface area contributed by atoms with Crippen LogP contribution < -0.4 is 10.6 Å². The fraction of sp³-hybridized carbons (Fsp3) is 0.143. The summed E-state index contributed by atoms with van der Waals surface area (Å²) >= 11 is 0. The second kappa shape index (κ2) is 10.9. The van der Waals surface area contributed by atoms with Crippen molar-refractivity contribution in [2.24, 2.45) is 7.05 Å². The zero-order valence-electron chi connectivity index (χ0n) is 20.8. The lowest BCUT2D eigenvalue weighted by molar-refractivity contribution is 0.0703. The lowest BCUT2D eigenvalue weighted by Gasteiger charge is -2.22. The summed E-state index contributed by atoms with van der Waals surface area (Å²) in [5.74, 6) is -2.02. The Bertz CT molecular complexity index is 1650.